The highest BCUT2D eigenvalue weighted by molar-refractivity contribution is 5.48. The van der Waals surface area contributed by atoms with Crippen LogP contribution in [0, 0.1) is 5.92 Å². The zero-order valence-electron chi connectivity index (χ0n) is 10.4. The first-order valence-electron chi connectivity index (χ1n) is 6.62. The van der Waals surface area contributed by atoms with E-state index >= 15 is 0 Å². The predicted octanol–water partition coefficient (Wildman–Crippen LogP) is 2.17. The molecule has 0 amide bonds. The summed E-state index contributed by atoms with van der Waals surface area (Å²) in [5.41, 5.74) is 5.89. The first kappa shape index (κ1) is 10.8. The minimum Gasteiger partial charge on any atom is -0.384 e. The Morgan fingerprint density at radius 2 is 2.12 bits per heavy atom. The van der Waals surface area contributed by atoms with Crippen molar-refractivity contribution in [3.8, 4) is 0 Å². The smallest absolute Gasteiger partial charge is 0.136 e. The second-order valence-corrected chi connectivity index (χ2v) is 5.48. The van der Waals surface area contributed by atoms with Crippen LogP contribution in [0.5, 0.6) is 0 Å². The van der Waals surface area contributed by atoms with Crippen molar-refractivity contribution in [3.63, 3.8) is 0 Å². The molecule has 2 fully saturated rings. The van der Waals surface area contributed by atoms with Crippen LogP contribution in [-0.2, 0) is 0 Å². The number of rotatable bonds is 2. The normalized spacial score (nSPS) is 25.0. The third-order valence-corrected chi connectivity index (χ3v) is 3.67. The lowest BCUT2D eigenvalue weighted by atomic mass is 10.0. The topological polar surface area (TPSA) is 55.0 Å². The van der Waals surface area contributed by atoms with Gasteiger partial charge in [0.1, 0.15) is 17.5 Å². The third kappa shape index (κ3) is 2.35. The summed E-state index contributed by atoms with van der Waals surface area (Å²) >= 11 is 0. The van der Waals surface area contributed by atoms with Gasteiger partial charge in [-0.1, -0.05) is 6.92 Å². The number of piperidine rings is 1. The minimum atomic E-state index is 0.569. The fourth-order valence-electron chi connectivity index (χ4n) is 2.56. The fourth-order valence-corrected chi connectivity index (χ4v) is 2.56. The monoisotopic (exact) mass is 232 g/mol. The first-order chi connectivity index (χ1) is 8.22. The summed E-state index contributed by atoms with van der Waals surface area (Å²) in [4.78, 5) is 11.4. The number of hydrogen-bond donors (Lipinski definition) is 1. The maximum Gasteiger partial charge on any atom is 0.136 e. The molecule has 1 aromatic heterocycles. The number of anilines is 2. The largest absolute Gasteiger partial charge is 0.384 e. The predicted molar refractivity (Wildman–Crippen MR) is 69.0 cm³/mol. The number of nitrogen functional groups attached to an aromatic ring is 1. The molecule has 0 radical (unpaired) electrons. The molecule has 2 N–H and O–H groups in total. The molecule has 4 nitrogen and oxygen atoms in total. The van der Waals surface area contributed by atoms with Crippen molar-refractivity contribution in [2.75, 3.05) is 23.7 Å². The van der Waals surface area contributed by atoms with E-state index in [9.17, 15) is 0 Å². The van der Waals surface area contributed by atoms with Crippen molar-refractivity contribution in [1.29, 1.82) is 0 Å². The Bertz CT molecular complexity index is 414. The molecular weight excluding hydrogens is 212 g/mol. The molecule has 2 aliphatic rings. The second-order valence-electron chi connectivity index (χ2n) is 5.48. The Morgan fingerprint density at radius 1 is 1.29 bits per heavy atom. The molecule has 2 heterocycles. The molecule has 0 spiro atoms. The summed E-state index contributed by atoms with van der Waals surface area (Å²) in [6, 6.07) is 1.92. The summed E-state index contributed by atoms with van der Waals surface area (Å²) < 4.78 is 0. The lowest BCUT2D eigenvalue weighted by molar-refractivity contribution is 0.444. The van der Waals surface area contributed by atoms with Crippen molar-refractivity contribution in [2.24, 2.45) is 5.92 Å². The van der Waals surface area contributed by atoms with E-state index in [0.29, 0.717) is 11.7 Å². The average Bonchev–Trinajstić information content (AvgIpc) is 3.12. The van der Waals surface area contributed by atoms with Gasteiger partial charge in [-0.05, 0) is 31.6 Å². The zero-order valence-corrected chi connectivity index (χ0v) is 10.4. The molecule has 1 saturated heterocycles. The highest BCUT2D eigenvalue weighted by atomic mass is 15.2. The molecule has 17 heavy (non-hydrogen) atoms. The summed E-state index contributed by atoms with van der Waals surface area (Å²) in [6.45, 7) is 4.50. The van der Waals surface area contributed by atoms with Gasteiger partial charge in [-0.15, -0.1) is 0 Å². The molecule has 4 heteroatoms. The van der Waals surface area contributed by atoms with Crippen molar-refractivity contribution in [3.05, 3.63) is 11.9 Å². The van der Waals surface area contributed by atoms with Crippen LogP contribution in [0.4, 0.5) is 11.6 Å². The summed E-state index contributed by atoms with van der Waals surface area (Å²) in [5.74, 6) is 3.93. The van der Waals surface area contributed by atoms with E-state index in [1.807, 2.05) is 6.07 Å². The van der Waals surface area contributed by atoms with E-state index in [1.165, 1.54) is 25.7 Å². The number of aromatic nitrogens is 2. The Labute approximate surface area is 102 Å². The van der Waals surface area contributed by atoms with Gasteiger partial charge in [0, 0.05) is 25.1 Å². The van der Waals surface area contributed by atoms with Gasteiger partial charge in [-0.3, -0.25) is 0 Å². The van der Waals surface area contributed by atoms with Gasteiger partial charge >= 0.3 is 0 Å². The van der Waals surface area contributed by atoms with E-state index in [-0.39, 0.29) is 0 Å². The quantitative estimate of drug-likeness (QED) is 0.849. The van der Waals surface area contributed by atoms with Crippen LogP contribution in [0.3, 0.4) is 0 Å². The highest BCUT2D eigenvalue weighted by Crippen LogP contribution is 2.39. The molecule has 0 aromatic carbocycles. The number of nitrogens with two attached hydrogens (primary N) is 1. The van der Waals surface area contributed by atoms with Crippen molar-refractivity contribution in [2.45, 2.75) is 38.5 Å². The standard InChI is InChI=1S/C13H20N4/c1-9-3-2-6-17(8-9)12-7-11(14)15-13(16-12)10-4-5-10/h7,9-10H,2-6,8H2,1H3,(H2,14,15,16). The lowest BCUT2D eigenvalue weighted by Gasteiger charge is -2.32. The fraction of sp³-hybridized carbons (Fsp3) is 0.692. The van der Waals surface area contributed by atoms with E-state index in [2.05, 4.69) is 21.8 Å². The van der Waals surface area contributed by atoms with Gasteiger partial charge in [0.2, 0.25) is 0 Å². The van der Waals surface area contributed by atoms with Crippen LogP contribution in [-0.4, -0.2) is 23.1 Å². The Morgan fingerprint density at radius 3 is 2.82 bits per heavy atom. The van der Waals surface area contributed by atoms with Gasteiger partial charge in [0.05, 0.1) is 0 Å². The Hall–Kier alpha value is -1.32. The van der Waals surface area contributed by atoms with Crippen LogP contribution >= 0.6 is 0 Å². The molecule has 1 aliphatic carbocycles. The van der Waals surface area contributed by atoms with Gasteiger partial charge in [0.15, 0.2) is 0 Å². The summed E-state index contributed by atoms with van der Waals surface area (Å²) in [6.07, 6.45) is 5.02. The molecule has 1 aliphatic heterocycles. The van der Waals surface area contributed by atoms with Crippen molar-refractivity contribution < 1.29 is 0 Å². The van der Waals surface area contributed by atoms with Crippen LogP contribution < -0.4 is 10.6 Å². The summed E-state index contributed by atoms with van der Waals surface area (Å²) in [5, 5.41) is 0. The zero-order chi connectivity index (χ0) is 11.8. The number of hydrogen-bond acceptors (Lipinski definition) is 4. The van der Waals surface area contributed by atoms with Crippen molar-refractivity contribution in [1.82, 2.24) is 9.97 Å². The maximum absolute atomic E-state index is 5.89. The second kappa shape index (κ2) is 4.17. The molecule has 0 bridgehead atoms. The average molecular weight is 232 g/mol. The SMILES string of the molecule is CC1CCCN(c2cc(N)nc(C3CC3)n2)C1. The third-order valence-electron chi connectivity index (χ3n) is 3.67. The Balaban J connectivity index is 1.85. The maximum atomic E-state index is 5.89. The van der Waals surface area contributed by atoms with E-state index in [4.69, 9.17) is 5.73 Å². The molecular formula is C13H20N4. The molecule has 92 valence electrons. The molecule has 1 saturated carbocycles. The van der Waals surface area contributed by atoms with Gasteiger partial charge in [-0.25, -0.2) is 9.97 Å². The van der Waals surface area contributed by atoms with Gasteiger partial charge in [-0.2, -0.15) is 0 Å². The molecule has 1 atom stereocenters. The highest BCUT2D eigenvalue weighted by Gasteiger charge is 2.28. The molecule has 1 unspecified atom stereocenters. The lowest BCUT2D eigenvalue weighted by Crippen LogP contribution is -2.35. The Kier molecular flexibility index (Phi) is 2.65. The molecule has 1 aromatic rings. The molecule has 3 rings (SSSR count). The van der Waals surface area contributed by atoms with Crippen LogP contribution in [0.15, 0.2) is 6.07 Å². The van der Waals surface area contributed by atoms with E-state index in [0.717, 1.165) is 30.6 Å². The summed E-state index contributed by atoms with van der Waals surface area (Å²) in [7, 11) is 0. The van der Waals surface area contributed by atoms with E-state index < -0.39 is 0 Å². The van der Waals surface area contributed by atoms with Crippen LogP contribution in [0.1, 0.15) is 44.3 Å². The van der Waals surface area contributed by atoms with E-state index in [1.54, 1.807) is 0 Å². The minimum absolute atomic E-state index is 0.569. The van der Waals surface area contributed by atoms with Crippen LogP contribution in [0.25, 0.3) is 0 Å². The first-order valence-corrected chi connectivity index (χ1v) is 6.62. The van der Waals surface area contributed by atoms with Crippen LogP contribution in [0.2, 0.25) is 0 Å². The number of nitrogens with zero attached hydrogens (tertiary/aromatic N) is 3. The van der Waals surface area contributed by atoms with Gasteiger partial charge in [0.25, 0.3) is 0 Å². The van der Waals surface area contributed by atoms with Crippen molar-refractivity contribution >= 4 is 11.6 Å². The van der Waals surface area contributed by atoms with Gasteiger partial charge < -0.3 is 10.6 Å².